The average Bonchev–Trinajstić information content (AvgIpc) is 2.17. The van der Waals surface area contributed by atoms with Crippen LogP contribution < -0.4 is 4.72 Å². The van der Waals surface area contributed by atoms with Crippen LogP contribution in [0, 0.1) is 10.1 Å². The fourth-order valence-corrected chi connectivity index (χ4v) is 1.92. The number of nitrogens with one attached hydrogen (secondary N) is 1. The second kappa shape index (κ2) is 4.75. The minimum atomic E-state index is -3.46. The highest BCUT2D eigenvalue weighted by Gasteiger charge is 2.09. The van der Waals surface area contributed by atoms with Gasteiger partial charge < -0.3 is 0 Å². The first-order valence-electron chi connectivity index (χ1n) is 4.30. The molecule has 1 rings (SSSR count). The standard InChI is InChI=1S/C9H10N2O4S/c1-2-7-16(14,15)10-8-3-5-9(6-4-8)11(12)13/h2-6,10H,1,7H2. The normalized spacial score (nSPS) is 10.8. The molecule has 0 unspecified atom stereocenters. The number of rotatable bonds is 5. The molecule has 0 aromatic heterocycles. The van der Waals surface area contributed by atoms with Crippen molar-refractivity contribution < 1.29 is 13.3 Å². The molecule has 1 N–H and O–H groups in total. The number of non-ortho nitro benzene ring substituents is 1. The molecular formula is C9H10N2O4S. The highest BCUT2D eigenvalue weighted by Crippen LogP contribution is 2.16. The van der Waals surface area contributed by atoms with Crippen LogP contribution in [0.5, 0.6) is 0 Å². The largest absolute Gasteiger partial charge is 0.283 e. The van der Waals surface area contributed by atoms with Crippen LogP contribution in [0.25, 0.3) is 0 Å². The number of hydrogen-bond donors (Lipinski definition) is 1. The molecule has 0 radical (unpaired) electrons. The SMILES string of the molecule is C=CCS(=O)(=O)Nc1ccc([N+](=O)[O-])cc1. The maximum absolute atomic E-state index is 11.3. The van der Waals surface area contributed by atoms with E-state index in [1.54, 1.807) is 0 Å². The Bertz CT molecular complexity index is 493. The lowest BCUT2D eigenvalue weighted by molar-refractivity contribution is -0.384. The Morgan fingerprint density at radius 1 is 1.38 bits per heavy atom. The molecule has 0 atom stereocenters. The maximum atomic E-state index is 11.3. The summed E-state index contributed by atoms with van der Waals surface area (Å²) in [6.07, 6.45) is 1.26. The maximum Gasteiger partial charge on any atom is 0.269 e. The van der Waals surface area contributed by atoms with Crippen molar-refractivity contribution in [3.63, 3.8) is 0 Å². The van der Waals surface area contributed by atoms with Gasteiger partial charge in [0.15, 0.2) is 0 Å². The minimum absolute atomic E-state index is 0.0910. The Balaban J connectivity index is 2.84. The molecule has 7 heteroatoms. The van der Waals surface area contributed by atoms with Crippen molar-refractivity contribution in [1.82, 2.24) is 0 Å². The van der Waals surface area contributed by atoms with Gasteiger partial charge in [-0.05, 0) is 12.1 Å². The predicted octanol–water partition coefficient (Wildman–Crippen LogP) is 1.52. The van der Waals surface area contributed by atoms with E-state index in [9.17, 15) is 18.5 Å². The third-order valence-corrected chi connectivity index (χ3v) is 2.91. The summed E-state index contributed by atoms with van der Waals surface area (Å²) >= 11 is 0. The summed E-state index contributed by atoms with van der Waals surface area (Å²) in [5.41, 5.74) is 0.194. The summed E-state index contributed by atoms with van der Waals surface area (Å²) in [6.45, 7) is 3.32. The van der Waals surface area contributed by atoms with Gasteiger partial charge in [0.1, 0.15) is 0 Å². The molecule has 0 spiro atoms. The van der Waals surface area contributed by atoms with Gasteiger partial charge in [-0.2, -0.15) is 0 Å². The molecule has 0 fully saturated rings. The summed E-state index contributed by atoms with van der Waals surface area (Å²) < 4.78 is 24.9. The number of benzene rings is 1. The molecule has 86 valence electrons. The summed E-state index contributed by atoms with van der Waals surface area (Å²) in [5.74, 6) is -0.204. The molecule has 0 aliphatic rings. The lowest BCUT2D eigenvalue weighted by atomic mass is 10.3. The lowest BCUT2D eigenvalue weighted by Gasteiger charge is -2.04. The molecule has 6 nitrogen and oxygen atoms in total. The predicted molar refractivity (Wildman–Crippen MR) is 60.7 cm³/mol. The average molecular weight is 242 g/mol. The summed E-state index contributed by atoms with van der Waals surface area (Å²) in [4.78, 5) is 9.80. The zero-order valence-electron chi connectivity index (χ0n) is 8.29. The van der Waals surface area contributed by atoms with E-state index in [1.165, 1.54) is 30.3 Å². The molecule has 0 aliphatic heterocycles. The van der Waals surface area contributed by atoms with Gasteiger partial charge in [-0.3, -0.25) is 14.8 Å². The van der Waals surface area contributed by atoms with Gasteiger partial charge in [0.25, 0.3) is 5.69 Å². The molecule has 0 saturated heterocycles. The zero-order chi connectivity index (χ0) is 12.2. The molecule has 0 saturated carbocycles. The lowest BCUT2D eigenvalue weighted by Crippen LogP contribution is -2.15. The van der Waals surface area contributed by atoms with E-state index >= 15 is 0 Å². The Morgan fingerprint density at radius 3 is 2.38 bits per heavy atom. The molecule has 1 aromatic carbocycles. The summed E-state index contributed by atoms with van der Waals surface area (Å²) in [6, 6.07) is 5.12. The zero-order valence-corrected chi connectivity index (χ0v) is 9.11. The van der Waals surface area contributed by atoms with E-state index in [0.29, 0.717) is 0 Å². The van der Waals surface area contributed by atoms with Crippen LogP contribution in [0.4, 0.5) is 11.4 Å². The number of nitrogens with zero attached hydrogens (tertiary/aromatic N) is 1. The van der Waals surface area contributed by atoms with E-state index in [4.69, 9.17) is 0 Å². The molecular weight excluding hydrogens is 232 g/mol. The van der Waals surface area contributed by atoms with E-state index in [-0.39, 0.29) is 17.1 Å². The molecule has 0 heterocycles. The quantitative estimate of drug-likeness (QED) is 0.481. The van der Waals surface area contributed by atoms with Crippen molar-refractivity contribution in [2.45, 2.75) is 0 Å². The fraction of sp³-hybridized carbons (Fsp3) is 0.111. The Kier molecular flexibility index (Phi) is 3.62. The van der Waals surface area contributed by atoms with Crippen LogP contribution in [-0.2, 0) is 10.0 Å². The van der Waals surface area contributed by atoms with Crippen LogP contribution in [0.15, 0.2) is 36.9 Å². The van der Waals surface area contributed by atoms with Crippen LogP contribution in [0.2, 0.25) is 0 Å². The second-order valence-corrected chi connectivity index (χ2v) is 4.74. The van der Waals surface area contributed by atoms with E-state index in [1.807, 2.05) is 0 Å². The van der Waals surface area contributed by atoms with Gasteiger partial charge in [0.2, 0.25) is 10.0 Å². The first-order chi connectivity index (χ1) is 7.44. The van der Waals surface area contributed by atoms with E-state index in [2.05, 4.69) is 11.3 Å². The topological polar surface area (TPSA) is 89.3 Å². The van der Waals surface area contributed by atoms with Crippen molar-refractivity contribution >= 4 is 21.4 Å². The molecule has 16 heavy (non-hydrogen) atoms. The summed E-state index contributed by atoms with van der Waals surface area (Å²) in [7, 11) is -3.46. The van der Waals surface area contributed by atoms with Gasteiger partial charge in [0, 0.05) is 17.8 Å². The Labute approximate surface area is 92.8 Å². The number of hydrogen-bond acceptors (Lipinski definition) is 4. The van der Waals surface area contributed by atoms with E-state index < -0.39 is 14.9 Å². The molecule has 0 bridgehead atoms. The monoisotopic (exact) mass is 242 g/mol. The van der Waals surface area contributed by atoms with Gasteiger partial charge in [-0.1, -0.05) is 6.08 Å². The minimum Gasteiger partial charge on any atom is -0.283 e. The molecule has 1 aromatic rings. The van der Waals surface area contributed by atoms with Crippen molar-refractivity contribution in [3.05, 3.63) is 47.0 Å². The van der Waals surface area contributed by atoms with Gasteiger partial charge >= 0.3 is 0 Å². The Morgan fingerprint density at radius 2 is 1.94 bits per heavy atom. The number of nitro groups is 1. The highest BCUT2D eigenvalue weighted by atomic mass is 32.2. The van der Waals surface area contributed by atoms with Gasteiger partial charge in [-0.25, -0.2) is 8.42 Å². The third kappa shape index (κ3) is 3.35. The first-order valence-corrected chi connectivity index (χ1v) is 5.96. The van der Waals surface area contributed by atoms with Crippen LogP contribution in [0.3, 0.4) is 0 Å². The van der Waals surface area contributed by atoms with Crippen molar-refractivity contribution in [1.29, 1.82) is 0 Å². The third-order valence-electron chi connectivity index (χ3n) is 1.69. The van der Waals surface area contributed by atoms with Crippen LogP contribution in [0.1, 0.15) is 0 Å². The fourth-order valence-electron chi connectivity index (χ4n) is 1.03. The van der Waals surface area contributed by atoms with Gasteiger partial charge in [0.05, 0.1) is 10.7 Å². The van der Waals surface area contributed by atoms with Gasteiger partial charge in [-0.15, -0.1) is 6.58 Å². The Hall–Kier alpha value is -1.89. The summed E-state index contributed by atoms with van der Waals surface area (Å²) in [5, 5.41) is 10.4. The van der Waals surface area contributed by atoms with E-state index in [0.717, 1.165) is 0 Å². The van der Waals surface area contributed by atoms with Crippen LogP contribution >= 0.6 is 0 Å². The number of nitro benzene ring substituents is 1. The molecule has 0 amide bonds. The second-order valence-electron chi connectivity index (χ2n) is 2.98. The number of anilines is 1. The number of sulfonamides is 1. The highest BCUT2D eigenvalue weighted by molar-refractivity contribution is 7.92. The molecule has 0 aliphatic carbocycles. The first kappa shape index (κ1) is 12.2. The van der Waals surface area contributed by atoms with Crippen molar-refractivity contribution in [2.24, 2.45) is 0 Å². The van der Waals surface area contributed by atoms with Crippen molar-refractivity contribution in [2.75, 3.05) is 10.5 Å². The van der Waals surface area contributed by atoms with Crippen LogP contribution in [-0.4, -0.2) is 19.1 Å². The van der Waals surface area contributed by atoms with Crippen molar-refractivity contribution in [3.8, 4) is 0 Å². The smallest absolute Gasteiger partial charge is 0.269 e.